The lowest BCUT2D eigenvalue weighted by atomic mass is 9.95. The summed E-state index contributed by atoms with van der Waals surface area (Å²) in [5, 5.41) is 0. The zero-order valence-electron chi connectivity index (χ0n) is 17.3. The van der Waals surface area contributed by atoms with Gasteiger partial charge in [0.1, 0.15) is 5.82 Å². The Morgan fingerprint density at radius 3 is 2.37 bits per heavy atom. The van der Waals surface area contributed by atoms with Crippen molar-refractivity contribution in [3.63, 3.8) is 0 Å². The molecule has 0 radical (unpaired) electrons. The van der Waals surface area contributed by atoms with Gasteiger partial charge in [0.05, 0.1) is 6.33 Å². The maximum Gasteiger partial charge on any atom is 0.132 e. The second-order valence-electron chi connectivity index (χ2n) is 7.60. The fourth-order valence-electron chi connectivity index (χ4n) is 3.75. The Morgan fingerprint density at radius 1 is 0.933 bits per heavy atom. The van der Waals surface area contributed by atoms with Crippen LogP contribution in [-0.2, 0) is 19.4 Å². The second-order valence-corrected chi connectivity index (χ2v) is 7.60. The summed E-state index contributed by atoms with van der Waals surface area (Å²) < 4.78 is 2.08. The minimum atomic E-state index is 0.695. The molecule has 0 saturated carbocycles. The first-order valence-corrected chi connectivity index (χ1v) is 10.0. The van der Waals surface area contributed by atoms with E-state index in [1.165, 1.54) is 22.3 Å². The van der Waals surface area contributed by atoms with Gasteiger partial charge in [0.2, 0.25) is 0 Å². The Bertz CT molecular complexity index is 1160. The molecule has 4 rings (SSSR count). The number of imidazole rings is 1. The lowest BCUT2D eigenvalue weighted by Gasteiger charge is -2.13. The lowest BCUT2D eigenvalue weighted by Crippen LogP contribution is -2.04. The first-order chi connectivity index (χ1) is 14.6. The SMILES string of the molecule is C#Cc1ccc(Cc2nccc(Cc3c(C)cc(Cn4ccnc4)cc3C)n2)cc1. The van der Waals surface area contributed by atoms with Crippen molar-refractivity contribution in [2.75, 3.05) is 0 Å². The Hall–Kier alpha value is -3.71. The maximum atomic E-state index is 5.43. The summed E-state index contributed by atoms with van der Waals surface area (Å²) in [7, 11) is 0. The number of nitrogens with zero attached hydrogens (tertiary/aromatic N) is 4. The number of benzene rings is 2. The average molecular weight is 393 g/mol. The van der Waals surface area contributed by atoms with Crippen LogP contribution in [0.2, 0.25) is 0 Å². The molecule has 4 aromatic rings. The summed E-state index contributed by atoms with van der Waals surface area (Å²) in [5.41, 5.74) is 8.26. The lowest BCUT2D eigenvalue weighted by molar-refractivity contribution is 0.794. The maximum absolute atomic E-state index is 5.43. The molecule has 148 valence electrons. The fourth-order valence-corrected chi connectivity index (χ4v) is 3.75. The van der Waals surface area contributed by atoms with Crippen LogP contribution in [0, 0.1) is 26.2 Å². The van der Waals surface area contributed by atoms with Crippen LogP contribution >= 0.6 is 0 Å². The zero-order valence-corrected chi connectivity index (χ0v) is 17.3. The van der Waals surface area contributed by atoms with Crippen molar-refractivity contribution in [3.05, 3.63) is 112 Å². The van der Waals surface area contributed by atoms with E-state index >= 15 is 0 Å². The monoisotopic (exact) mass is 392 g/mol. The second kappa shape index (κ2) is 8.75. The van der Waals surface area contributed by atoms with Crippen LogP contribution in [0.1, 0.15) is 44.9 Å². The third-order valence-electron chi connectivity index (χ3n) is 5.28. The van der Waals surface area contributed by atoms with E-state index in [0.29, 0.717) is 6.42 Å². The average Bonchev–Trinajstić information content (AvgIpc) is 3.25. The minimum Gasteiger partial charge on any atom is -0.333 e. The van der Waals surface area contributed by atoms with Gasteiger partial charge in [-0.15, -0.1) is 6.42 Å². The molecule has 0 saturated heterocycles. The molecule has 0 atom stereocenters. The molecule has 2 aromatic heterocycles. The quantitative estimate of drug-likeness (QED) is 0.454. The molecule has 0 amide bonds. The van der Waals surface area contributed by atoms with Gasteiger partial charge < -0.3 is 4.57 Å². The van der Waals surface area contributed by atoms with E-state index in [1.54, 1.807) is 0 Å². The standard InChI is InChI=1S/C26H24N4/c1-4-21-5-7-22(8-6-21)15-26-28-10-9-24(29-26)16-25-19(2)13-23(14-20(25)3)17-30-12-11-27-18-30/h1,5-14,18H,15-17H2,2-3H3. The fraction of sp³-hybridized carbons (Fsp3) is 0.192. The predicted molar refractivity (Wildman–Crippen MR) is 119 cm³/mol. The summed E-state index contributed by atoms with van der Waals surface area (Å²) in [6, 6.07) is 14.5. The van der Waals surface area contributed by atoms with Crippen LogP contribution in [0.25, 0.3) is 0 Å². The van der Waals surface area contributed by atoms with E-state index in [1.807, 2.05) is 55.2 Å². The molecule has 4 nitrogen and oxygen atoms in total. The molecule has 0 aliphatic rings. The molecule has 4 heteroatoms. The molecule has 0 bridgehead atoms. The van der Waals surface area contributed by atoms with E-state index < -0.39 is 0 Å². The highest BCUT2D eigenvalue weighted by atomic mass is 15.0. The normalized spacial score (nSPS) is 10.7. The number of aromatic nitrogens is 4. The van der Waals surface area contributed by atoms with E-state index in [0.717, 1.165) is 35.6 Å². The van der Waals surface area contributed by atoms with Gasteiger partial charge in [-0.3, -0.25) is 0 Å². The largest absolute Gasteiger partial charge is 0.333 e. The van der Waals surface area contributed by atoms with Gasteiger partial charge in [0.25, 0.3) is 0 Å². The number of hydrogen-bond donors (Lipinski definition) is 0. The Balaban J connectivity index is 1.51. The highest BCUT2D eigenvalue weighted by molar-refractivity contribution is 5.40. The molecular formula is C26H24N4. The molecule has 2 heterocycles. The van der Waals surface area contributed by atoms with Crippen molar-refractivity contribution in [3.8, 4) is 12.3 Å². The Kier molecular flexibility index (Phi) is 5.72. The van der Waals surface area contributed by atoms with Gasteiger partial charge >= 0.3 is 0 Å². The number of terminal acetylenes is 1. The molecule has 30 heavy (non-hydrogen) atoms. The first-order valence-electron chi connectivity index (χ1n) is 10.0. The summed E-state index contributed by atoms with van der Waals surface area (Å²) in [6.07, 6.45) is 14.4. The van der Waals surface area contributed by atoms with Crippen molar-refractivity contribution in [1.29, 1.82) is 0 Å². The van der Waals surface area contributed by atoms with Gasteiger partial charge in [-0.1, -0.05) is 30.2 Å². The molecule has 0 fully saturated rings. The van der Waals surface area contributed by atoms with E-state index in [2.05, 4.69) is 46.4 Å². The first kappa shape index (κ1) is 19.6. The molecule has 0 N–H and O–H groups in total. The Morgan fingerprint density at radius 2 is 1.70 bits per heavy atom. The van der Waals surface area contributed by atoms with Crippen molar-refractivity contribution < 1.29 is 0 Å². The van der Waals surface area contributed by atoms with E-state index in [-0.39, 0.29) is 0 Å². The van der Waals surface area contributed by atoms with Crippen molar-refractivity contribution >= 4 is 0 Å². The third-order valence-corrected chi connectivity index (χ3v) is 5.28. The van der Waals surface area contributed by atoms with Gasteiger partial charge in [-0.05, 0) is 59.9 Å². The van der Waals surface area contributed by atoms with Crippen LogP contribution < -0.4 is 0 Å². The Labute approximate surface area is 177 Å². The topological polar surface area (TPSA) is 43.6 Å². The molecule has 0 aliphatic carbocycles. The minimum absolute atomic E-state index is 0.695. The van der Waals surface area contributed by atoms with Crippen LogP contribution in [0.15, 0.2) is 67.4 Å². The molecule has 0 spiro atoms. The van der Waals surface area contributed by atoms with Crippen LogP contribution in [-0.4, -0.2) is 19.5 Å². The number of hydrogen-bond acceptors (Lipinski definition) is 3. The molecule has 2 aromatic carbocycles. The molecular weight excluding hydrogens is 368 g/mol. The van der Waals surface area contributed by atoms with Gasteiger partial charge in [0, 0.05) is 49.2 Å². The third kappa shape index (κ3) is 4.64. The van der Waals surface area contributed by atoms with E-state index in [9.17, 15) is 0 Å². The van der Waals surface area contributed by atoms with Crippen LogP contribution in [0.5, 0.6) is 0 Å². The van der Waals surface area contributed by atoms with Crippen molar-refractivity contribution in [2.24, 2.45) is 0 Å². The van der Waals surface area contributed by atoms with Crippen molar-refractivity contribution in [1.82, 2.24) is 19.5 Å². The van der Waals surface area contributed by atoms with Gasteiger partial charge in [0.15, 0.2) is 0 Å². The number of rotatable bonds is 6. The van der Waals surface area contributed by atoms with Gasteiger partial charge in [-0.2, -0.15) is 0 Å². The summed E-state index contributed by atoms with van der Waals surface area (Å²) in [6.45, 7) is 5.18. The molecule has 0 unspecified atom stereocenters. The predicted octanol–water partition coefficient (Wildman–Crippen LogP) is 4.50. The zero-order chi connectivity index (χ0) is 20.9. The summed E-state index contributed by atoms with van der Waals surface area (Å²) in [4.78, 5) is 13.4. The summed E-state index contributed by atoms with van der Waals surface area (Å²) in [5.74, 6) is 3.47. The smallest absolute Gasteiger partial charge is 0.132 e. The highest BCUT2D eigenvalue weighted by Crippen LogP contribution is 2.21. The van der Waals surface area contributed by atoms with Gasteiger partial charge in [-0.25, -0.2) is 15.0 Å². The van der Waals surface area contributed by atoms with Crippen molar-refractivity contribution in [2.45, 2.75) is 33.2 Å². The van der Waals surface area contributed by atoms with Crippen LogP contribution in [0.4, 0.5) is 0 Å². The molecule has 0 aliphatic heterocycles. The highest BCUT2D eigenvalue weighted by Gasteiger charge is 2.09. The van der Waals surface area contributed by atoms with Crippen LogP contribution in [0.3, 0.4) is 0 Å². The van der Waals surface area contributed by atoms with E-state index in [4.69, 9.17) is 11.4 Å². The summed E-state index contributed by atoms with van der Waals surface area (Å²) >= 11 is 0. The number of aryl methyl sites for hydroxylation is 2.